The van der Waals surface area contributed by atoms with E-state index < -0.39 is 9.84 Å². The second-order valence-corrected chi connectivity index (χ2v) is 13.0. The fourth-order valence-electron chi connectivity index (χ4n) is 4.68. The third-order valence-corrected chi connectivity index (χ3v) is 9.38. The number of amides is 1. The molecule has 2 aromatic carbocycles. The minimum Gasteiger partial charge on any atom is -0.350 e. The van der Waals surface area contributed by atoms with Crippen LogP contribution in [-0.2, 0) is 9.84 Å². The number of thiophene rings is 1. The van der Waals surface area contributed by atoms with E-state index in [1.807, 2.05) is 36.4 Å². The third kappa shape index (κ3) is 5.71. The van der Waals surface area contributed by atoms with Crippen molar-refractivity contribution in [2.24, 2.45) is 5.92 Å². The topological polar surface area (TPSA) is 84.3 Å². The Balaban J connectivity index is 1.47. The molecule has 198 valence electrons. The third-order valence-electron chi connectivity index (χ3n) is 6.80. The van der Waals surface area contributed by atoms with Gasteiger partial charge in [-0.05, 0) is 73.5 Å². The number of sulfone groups is 1. The molecule has 10 heteroatoms. The van der Waals surface area contributed by atoms with Gasteiger partial charge < -0.3 is 10.2 Å². The van der Waals surface area contributed by atoms with Crippen LogP contribution in [0.4, 0.5) is 0 Å². The summed E-state index contributed by atoms with van der Waals surface area (Å²) in [6, 6.07) is 20.0. The number of hydrogen-bond acceptors (Lipinski definition) is 6. The van der Waals surface area contributed by atoms with Gasteiger partial charge in [0.25, 0.3) is 5.91 Å². The van der Waals surface area contributed by atoms with Crippen LogP contribution < -0.4 is 5.32 Å². The van der Waals surface area contributed by atoms with Crippen LogP contribution in [-0.4, -0.2) is 61.4 Å². The summed E-state index contributed by atoms with van der Waals surface area (Å²) in [4.78, 5) is 17.6. The van der Waals surface area contributed by atoms with Gasteiger partial charge in [0, 0.05) is 24.2 Å². The van der Waals surface area contributed by atoms with Crippen molar-refractivity contribution in [1.29, 1.82) is 0 Å². The van der Waals surface area contributed by atoms with Gasteiger partial charge in [-0.2, -0.15) is 5.10 Å². The van der Waals surface area contributed by atoms with E-state index in [0.717, 1.165) is 47.1 Å². The number of aromatic nitrogens is 2. The number of halogens is 1. The van der Waals surface area contributed by atoms with E-state index in [1.54, 1.807) is 35.0 Å². The lowest BCUT2D eigenvalue weighted by atomic mass is 10.1. The van der Waals surface area contributed by atoms with Crippen LogP contribution in [0.1, 0.15) is 23.8 Å². The van der Waals surface area contributed by atoms with Gasteiger partial charge in [0.1, 0.15) is 0 Å². The summed E-state index contributed by atoms with van der Waals surface area (Å²) < 4.78 is 25.8. The highest BCUT2D eigenvalue weighted by atomic mass is 35.5. The highest BCUT2D eigenvalue weighted by Gasteiger charge is 2.24. The molecule has 0 saturated carbocycles. The molecule has 4 aromatic rings. The summed E-state index contributed by atoms with van der Waals surface area (Å²) in [7, 11) is -3.32. The maximum atomic E-state index is 13.1. The van der Waals surface area contributed by atoms with Gasteiger partial charge in [-0.15, -0.1) is 11.3 Å². The molecule has 1 atom stereocenters. The normalized spacial score (nSPS) is 16.1. The summed E-state index contributed by atoms with van der Waals surface area (Å²) in [6.45, 7) is 5.85. The Kier molecular flexibility index (Phi) is 7.72. The van der Waals surface area contributed by atoms with Crippen LogP contribution in [0.2, 0.25) is 5.02 Å². The Bertz CT molecular complexity index is 1580. The number of carbonyl (C=O) groups is 1. The first-order valence-corrected chi connectivity index (χ1v) is 15.6. The van der Waals surface area contributed by atoms with Gasteiger partial charge in [-0.25, -0.2) is 13.1 Å². The predicted octanol–water partition coefficient (Wildman–Crippen LogP) is 5.40. The molecule has 0 radical (unpaired) electrons. The summed E-state index contributed by atoms with van der Waals surface area (Å²) >= 11 is 8.02. The van der Waals surface area contributed by atoms with E-state index >= 15 is 0 Å². The average molecular weight is 569 g/mol. The zero-order valence-corrected chi connectivity index (χ0v) is 23.6. The Morgan fingerprint density at radius 2 is 1.89 bits per heavy atom. The number of para-hydroxylation sites is 1. The molecular formula is C28H29ClN4O3S2. The molecule has 0 spiro atoms. The fraction of sp³-hybridized carbons (Fsp3) is 0.286. The molecule has 1 aliphatic heterocycles. The van der Waals surface area contributed by atoms with E-state index in [1.165, 1.54) is 17.6 Å². The molecular weight excluding hydrogens is 540 g/mol. The smallest absolute Gasteiger partial charge is 0.271 e. The Labute approximate surface area is 232 Å². The van der Waals surface area contributed by atoms with Crippen molar-refractivity contribution in [2.75, 3.05) is 32.4 Å². The minimum absolute atomic E-state index is 0.218. The van der Waals surface area contributed by atoms with E-state index in [0.29, 0.717) is 28.9 Å². The largest absolute Gasteiger partial charge is 0.350 e. The van der Waals surface area contributed by atoms with E-state index in [4.69, 9.17) is 11.6 Å². The zero-order valence-electron chi connectivity index (χ0n) is 21.2. The second kappa shape index (κ2) is 11.0. The van der Waals surface area contributed by atoms with Crippen molar-refractivity contribution in [3.63, 3.8) is 0 Å². The maximum absolute atomic E-state index is 13.1. The highest BCUT2D eigenvalue weighted by molar-refractivity contribution is 7.90. The lowest BCUT2D eigenvalue weighted by molar-refractivity contribution is 0.0942. The van der Waals surface area contributed by atoms with Crippen LogP contribution in [0.3, 0.4) is 0 Å². The van der Waals surface area contributed by atoms with Gasteiger partial charge in [-0.1, -0.05) is 42.8 Å². The summed E-state index contributed by atoms with van der Waals surface area (Å²) in [5.74, 6) is 0.219. The van der Waals surface area contributed by atoms with Crippen molar-refractivity contribution in [3.8, 4) is 26.7 Å². The van der Waals surface area contributed by atoms with Crippen molar-refractivity contribution >= 4 is 38.7 Å². The van der Waals surface area contributed by atoms with Crippen molar-refractivity contribution in [1.82, 2.24) is 20.0 Å². The fourth-order valence-corrected chi connectivity index (χ4v) is 6.57. The average Bonchev–Trinajstić information content (AvgIpc) is 3.66. The lowest BCUT2D eigenvalue weighted by Crippen LogP contribution is -2.31. The van der Waals surface area contributed by atoms with Crippen molar-refractivity contribution < 1.29 is 13.2 Å². The molecule has 1 unspecified atom stereocenters. The van der Waals surface area contributed by atoms with E-state index in [9.17, 15) is 13.2 Å². The highest BCUT2D eigenvalue weighted by Crippen LogP contribution is 2.37. The SMILES string of the molecule is CCN1CCC(CNC(=O)c2cc(-c3ccc(-c4cccc(S(C)(=O)=O)c4)s3)n(-c3ccccc3Cl)n2)C1. The maximum Gasteiger partial charge on any atom is 0.271 e. The van der Waals surface area contributed by atoms with E-state index in [-0.39, 0.29) is 10.8 Å². The molecule has 0 bridgehead atoms. The van der Waals surface area contributed by atoms with Crippen LogP contribution in [0.15, 0.2) is 71.6 Å². The first-order valence-electron chi connectivity index (χ1n) is 12.5. The monoisotopic (exact) mass is 568 g/mol. The standard InChI is InChI=1S/C28H29ClN4O3S2/c1-3-32-14-13-19(18-32)17-30-28(34)23-16-25(33(31-23)24-10-5-4-9-22(24)29)27-12-11-26(37-27)20-7-6-8-21(15-20)38(2,35)36/h4-12,15-16,19H,3,13-14,17-18H2,1-2H3,(H,30,34). The van der Waals surface area contributed by atoms with Crippen molar-refractivity contribution in [2.45, 2.75) is 18.2 Å². The molecule has 1 saturated heterocycles. The minimum atomic E-state index is -3.32. The van der Waals surface area contributed by atoms with E-state index in [2.05, 4.69) is 22.2 Å². The molecule has 2 aromatic heterocycles. The molecule has 3 heterocycles. The number of carbonyl (C=O) groups excluding carboxylic acids is 1. The first-order chi connectivity index (χ1) is 18.2. The van der Waals surface area contributed by atoms with Crippen LogP contribution in [0, 0.1) is 5.92 Å². The zero-order chi connectivity index (χ0) is 26.9. The van der Waals surface area contributed by atoms with Crippen molar-refractivity contribution in [3.05, 3.63) is 77.4 Å². The van der Waals surface area contributed by atoms with Crippen LogP contribution in [0.25, 0.3) is 26.7 Å². The first kappa shape index (κ1) is 26.6. The number of benzene rings is 2. The Morgan fingerprint density at radius 1 is 1.11 bits per heavy atom. The molecule has 1 amide bonds. The molecule has 38 heavy (non-hydrogen) atoms. The Morgan fingerprint density at radius 3 is 2.63 bits per heavy atom. The summed E-state index contributed by atoms with van der Waals surface area (Å²) in [5, 5.41) is 8.25. The number of likely N-dealkylation sites (tertiary alicyclic amines) is 1. The van der Waals surface area contributed by atoms with Gasteiger partial charge in [-0.3, -0.25) is 4.79 Å². The molecule has 1 N–H and O–H groups in total. The molecule has 0 aliphatic carbocycles. The molecule has 5 rings (SSSR count). The quantitative estimate of drug-likeness (QED) is 0.308. The number of hydrogen-bond donors (Lipinski definition) is 1. The predicted molar refractivity (Wildman–Crippen MR) is 153 cm³/mol. The molecule has 1 aliphatic rings. The van der Waals surface area contributed by atoms with Crippen LogP contribution >= 0.6 is 22.9 Å². The van der Waals surface area contributed by atoms with Gasteiger partial charge in [0.2, 0.25) is 0 Å². The van der Waals surface area contributed by atoms with Gasteiger partial charge in [0.05, 0.1) is 26.2 Å². The molecule has 1 fully saturated rings. The van der Waals surface area contributed by atoms with Gasteiger partial charge >= 0.3 is 0 Å². The molecule has 7 nitrogen and oxygen atoms in total. The Hall–Kier alpha value is -2.98. The number of rotatable bonds is 8. The summed E-state index contributed by atoms with van der Waals surface area (Å²) in [6.07, 6.45) is 2.28. The van der Waals surface area contributed by atoms with Gasteiger partial charge in [0.15, 0.2) is 15.5 Å². The summed E-state index contributed by atoms with van der Waals surface area (Å²) in [5.41, 5.74) is 2.53. The lowest BCUT2D eigenvalue weighted by Gasteiger charge is -2.13. The number of nitrogens with one attached hydrogen (secondary N) is 1. The number of nitrogens with zero attached hydrogens (tertiary/aromatic N) is 3. The van der Waals surface area contributed by atoms with Crippen LogP contribution in [0.5, 0.6) is 0 Å². The second-order valence-electron chi connectivity index (χ2n) is 9.50.